The number of hydrogen-bond donors (Lipinski definition) is 3. The third kappa shape index (κ3) is 4.30. The van der Waals surface area contributed by atoms with E-state index >= 15 is 0 Å². The highest BCUT2D eigenvalue weighted by Gasteiger charge is 2.19. The number of amides is 1. The van der Waals surface area contributed by atoms with Crippen LogP contribution >= 0.6 is 0 Å². The minimum atomic E-state index is -0.550. The van der Waals surface area contributed by atoms with Gasteiger partial charge in [0, 0.05) is 18.7 Å². The number of nitrogens with zero attached hydrogens (tertiary/aromatic N) is 1. The van der Waals surface area contributed by atoms with E-state index in [4.69, 9.17) is 0 Å². The molecule has 2 rings (SSSR count). The molecule has 7 nitrogen and oxygen atoms in total. The molecule has 0 radical (unpaired) electrons. The Kier molecular flexibility index (Phi) is 5.86. The van der Waals surface area contributed by atoms with Crippen LogP contribution < -0.4 is 10.6 Å². The molecule has 3 N–H and O–H groups in total. The zero-order valence-electron chi connectivity index (χ0n) is 13.2. The summed E-state index contributed by atoms with van der Waals surface area (Å²) in [6.45, 7) is -0.177. The van der Waals surface area contributed by atoms with Crippen LogP contribution in [0.3, 0.4) is 0 Å². The normalized spacial score (nSPS) is 11.6. The van der Waals surface area contributed by atoms with Crippen LogP contribution in [0, 0.1) is 10.1 Å². The molecule has 2 aromatic carbocycles. The van der Waals surface area contributed by atoms with Crippen LogP contribution in [-0.4, -0.2) is 35.6 Å². The third-order valence-electron chi connectivity index (χ3n) is 3.59. The standard InChI is InChI=1S/C17H19N3O4/c1-18-17(22)13-7-8-15(16(10-13)20(23)24)19-14(11-21)9-12-5-3-2-4-6-12/h2-8,10,14,19,21H,9,11H2,1H3,(H,18,22). The van der Waals surface area contributed by atoms with Gasteiger partial charge in [-0.3, -0.25) is 14.9 Å². The Hall–Kier alpha value is -2.93. The predicted octanol–water partition coefficient (Wildman–Crippen LogP) is 1.97. The van der Waals surface area contributed by atoms with Crippen LogP contribution in [0.25, 0.3) is 0 Å². The summed E-state index contributed by atoms with van der Waals surface area (Å²) in [5.41, 5.74) is 1.28. The topological polar surface area (TPSA) is 104 Å². The molecule has 0 aromatic heterocycles. The van der Waals surface area contributed by atoms with Gasteiger partial charge in [0.05, 0.1) is 17.6 Å². The van der Waals surface area contributed by atoms with Crippen molar-refractivity contribution in [3.05, 3.63) is 69.8 Å². The molecule has 0 saturated heterocycles. The molecule has 0 aliphatic carbocycles. The number of aliphatic hydroxyl groups is 1. The fourth-order valence-corrected chi connectivity index (χ4v) is 2.37. The lowest BCUT2D eigenvalue weighted by Crippen LogP contribution is -2.27. The second-order valence-corrected chi connectivity index (χ2v) is 5.28. The lowest BCUT2D eigenvalue weighted by molar-refractivity contribution is -0.384. The Morgan fingerprint density at radius 1 is 1.25 bits per heavy atom. The summed E-state index contributed by atoms with van der Waals surface area (Å²) < 4.78 is 0. The lowest BCUT2D eigenvalue weighted by Gasteiger charge is -2.18. The number of nitrogens with one attached hydrogen (secondary N) is 2. The Balaban J connectivity index is 2.23. The van der Waals surface area contributed by atoms with E-state index in [1.54, 1.807) is 0 Å². The van der Waals surface area contributed by atoms with E-state index in [1.165, 1.54) is 25.2 Å². The van der Waals surface area contributed by atoms with Crippen LogP contribution in [0.4, 0.5) is 11.4 Å². The SMILES string of the molecule is CNC(=O)c1ccc(NC(CO)Cc2ccccc2)c([N+](=O)[O-])c1. The molecular weight excluding hydrogens is 310 g/mol. The molecule has 0 fully saturated rings. The van der Waals surface area contributed by atoms with Crippen LogP contribution in [0.2, 0.25) is 0 Å². The highest BCUT2D eigenvalue weighted by atomic mass is 16.6. The fourth-order valence-electron chi connectivity index (χ4n) is 2.37. The first kappa shape index (κ1) is 17.4. The van der Waals surface area contributed by atoms with Gasteiger partial charge >= 0.3 is 0 Å². The quantitative estimate of drug-likeness (QED) is 0.532. The Labute approximate surface area is 139 Å². The maximum atomic E-state index is 11.6. The van der Waals surface area contributed by atoms with E-state index in [0.29, 0.717) is 6.42 Å². The van der Waals surface area contributed by atoms with Crippen molar-refractivity contribution in [3.8, 4) is 0 Å². The Bertz CT molecular complexity index is 719. The molecule has 7 heteroatoms. The monoisotopic (exact) mass is 329 g/mol. The summed E-state index contributed by atoms with van der Waals surface area (Å²) in [6.07, 6.45) is 0.520. The molecule has 0 aliphatic rings. The van der Waals surface area contributed by atoms with Gasteiger partial charge < -0.3 is 15.7 Å². The molecule has 1 atom stereocenters. The zero-order valence-corrected chi connectivity index (χ0v) is 13.2. The molecule has 0 aliphatic heterocycles. The van der Waals surface area contributed by atoms with Crippen molar-refractivity contribution in [2.45, 2.75) is 12.5 Å². The third-order valence-corrected chi connectivity index (χ3v) is 3.59. The van der Waals surface area contributed by atoms with E-state index in [1.807, 2.05) is 30.3 Å². The van der Waals surface area contributed by atoms with Crippen LogP contribution in [0.15, 0.2) is 48.5 Å². The van der Waals surface area contributed by atoms with Crippen LogP contribution in [0.5, 0.6) is 0 Å². The molecular formula is C17H19N3O4. The Morgan fingerprint density at radius 2 is 1.96 bits per heavy atom. The maximum absolute atomic E-state index is 11.6. The van der Waals surface area contributed by atoms with E-state index in [2.05, 4.69) is 10.6 Å². The first-order valence-electron chi connectivity index (χ1n) is 7.47. The first-order valence-corrected chi connectivity index (χ1v) is 7.47. The molecule has 0 spiro atoms. The number of nitro benzene ring substituents is 1. The highest BCUT2D eigenvalue weighted by molar-refractivity contribution is 5.95. The summed E-state index contributed by atoms with van der Waals surface area (Å²) in [5, 5.41) is 26.3. The second kappa shape index (κ2) is 8.07. The summed E-state index contributed by atoms with van der Waals surface area (Å²) in [5.74, 6) is -0.396. The van der Waals surface area contributed by atoms with Crippen molar-refractivity contribution in [1.29, 1.82) is 0 Å². The maximum Gasteiger partial charge on any atom is 0.293 e. The number of carbonyl (C=O) groups is 1. The molecule has 1 amide bonds. The number of hydrogen-bond acceptors (Lipinski definition) is 5. The van der Waals surface area contributed by atoms with Crippen molar-refractivity contribution in [1.82, 2.24) is 5.32 Å². The van der Waals surface area contributed by atoms with Gasteiger partial charge in [-0.15, -0.1) is 0 Å². The van der Waals surface area contributed by atoms with Gasteiger partial charge in [0.1, 0.15) is 5.69 Å². The number of aliphatic hydroxyl groups excluding tert-OH is 1. The lowest BCUT2D eigenvalue weighted by atomic mass is 10.1. The summed E-state index contributed by atoms with van der Waals surface area (Å²) >= 11 is 0. The van der Waals surface area contributed by atoms with Crippen molar-refractivity contribution >= 4 is 17.3 Å². The molecule has 126 valence electrons. The van der Waals surface area contributed by atoms with Crippen molar-refractivity contribution in [2.75, 3.05) is 19.0 Å². The number of carbonyl (C=O) groups excluding carboxylic acids is 1. The van der Waals surface area contributed by atoms with Gasteiger partial charge in [0.2, 0.25) is 0 Å². The number of anilines is 1. The summed E-state index contributed by atoms with van der Waals surface area (Å²) in [7, 11) is 1.46. The van der Waals surface area contributed by atoms with Gasteiger partial charge in [-0.25, -0.2) is 0 Å². The number of benzene rings is 2. The smallest absolute Gasteiger partial charge is 0.293 e. The number of rotatable bonds is 7. The molecule has 1 unspecified atom stereocenters. The molecule has 24 heavy (non-hydrogen) atoms. The summed E-state index contributed by atoms with van der Waals surface area (Å²) in [4.78, 5) is 22.4. The fraction of sp³-hybridized carbons (Fsp3) is 0.235. The van der Waals surface area contributed by atoms with E-state index in [-0.39, 0.29) is 29.6 Å². The molecule has 0 heterocycles. The van der Waals surface area contributed by atoms with Crippen molar-refractivity contribution < 1.29 is 14.8 Å². The minimum absolute atomic E-state index is 0.177. The van der Waals surface area contributed by atoms with E-state index in [9.17, 15) is 20.0 Å². The average Bonchev–Trinajstić information content (AvgIpc) is 2.61. The van der Waals surface area contributed by atoms with Crippen molar-refractivity contribution in [2.24, 2.45) is 0 Å². The average molecular weight is 329 g/mol. The Morgan fingerprint density at radius 3 is 2.54 bits per heavy atom. The largest absolute Gasteiger partial charge is 0.394 e. The van der Waals surface area contributed by atoms with Gasteiger partial charge in [0.25, 0.3) is 11.6 Å². The van der Waals surface area contributed by atoms with E-state index < -0.39 is 10.8 Å². The predicted molar refractivity (Wildman–Crippen MR) is 91.1 cm³/mol. The molecule has 0 bridgehead atoms. The first-order chi connectivity index (χ1) is 11.5. The van der Waals surface area contributed by atoms with Gasteiger partial charge in [0.15, 0.2) is 0 Å². The van der Waals surface area contributed by atoms with Crippen LogP contribution in [0.1, 0.15) is 15.9 Å². The summed E-state index contributed by atoms with van der Waals surface area (Å²) in [6, 6.07) is 13.4. The molecule has 2 aromatic rings. The van der Waals surface area contributed by atoms with Crippen LogP contribution in [-0.2, 0) is 6.42 Å². The van der Waals surface area contributed by atoms with Gasteiger partial charge in [-0.2, -0.15) is 0 Å². The highest BCUT2D eigenvalue weighted by Crippen LogP contribution is 2.26. The minimum Gasteiger partial charge on any atom is -0.394 e. The second-order valence-electron chi connectivity index (χ2n) is 5.28. The molecule has 0 saturated carbocycles. The van der Waals surface area contributed by atoms with Crippen molar-refractivity contribution in [3.63, 3.8) is 0 Å². The zero-order chi connectivity index (χ0) is 17.5. The van der Waals surface area contributed by atoms with E-state index in [0.717, 1.165) is 5.56 Å². The van der Waals surface area contributed by atoms with Gasteiger partial charge in [-0.1, -0.05) is 30.3 Å². The number of nitro groups is 1. The van der Waals surface area contributed by atoms with Gasteiger partial charge in [-0.05, 0) is 24.1 Å².